The number of carbonyl (C=O) groups excluding carboxylic acids is 1. The second kappa shape index (κ2) is 6.35. The maximum Gasteiger partial charge on any atom is 0.254 e. The molecule has 0 atom stereocenters. The van der Waals surface area contributed by atoms with Crippen molar-refractivity contribution in [1.82, 2.24) is 15.3 Å². The van der Waals surface area contributed by atoms with E-state index >= 15 is 0 Å². The molecule has 5 nitrogen and oxygen atoms in total. The minimum Gasteiger partial charge on any atom is -0.372 e. The van der Waals surface area contributed by atoms with Crippen molar-refractivity contribution in [2.75, 3.05) is 18.0 Å². The summed E-state index contributed by atoms with van der Waals surface area (Å²) in [7, 11) is 0. The van der Waals surface area contributed by atoms with E-state index in [0.717, 1.165) is 18.7 Å². The van der Waals surface area contributed by atoms with Gasteiger partial charge in [-0.15, -0.1) is 0 Å². The van der Waals surface area contributed by atoms with Crippen molar-refractivity contribution in [3.8, 4) is 0 Å². The van der Waals surface area contributed by atoms with E-state index < -0.39 is 0 Å². The van der Waals surface area contributed by atoms with Crippen LogP contribution in [0, 0.1) is 0 Å². The van der Waals surface area contributed by atoms with Crippen LogP contribution in [0.4, 0.5) is 5.69 Å². The van der Waals surface area contributed by atoms with Crippen LogP contribution in [0.1, 0.15) is 28.8 Å². The molecule has 0 bridgehead atoms. The highest BCUT2D eigenvalue weighted by molar-refractivity contribution is 5.93. The van der Waals surface area contributed by atoms with Crippen molar-refractivity contribution in [3.63, 3.8) is 0 Å². The first kappa shape index (κ1) is 13.5. The Hall–Kier alpha value is -2.43. The lowest BCUT2D eigenvalue weighted by Crippen LogP contribution is -2.23. The van der Waals surface area contributed by atoms with Gasteiger partial charge in [0.25, 0.3) is 5.91 Å². The number of benzene rings is 1. The van der Waals surface area contributed by atoms with Crippen LogP contribution in [0.15, 0.2) is 43.0 Å². The predicted octanol–water partition coefficient (Wildman–Crippen LogP) is 2.01. The second-order valence-corrected chi connectivity index (χ2v) is 5.17. The molecule has 1 saturated heterocycles. The van der Waals surface area contributed by atoms with Crippen LogP contribution >= 0.6 is 0 Å². The maximum atomic E-state index is 12.0. The van der Waals surface area contributed by atoms with E-state index in [4.69, 9.17) is 0 Å². The quantitative estimate of drug-likeness (QED) is 0.932. The van der Waals surface area contributed by atoms with Gasteiger partial charge in [-0.1, -0.05) is 12.1 Å². The molecule has 21 heavy (non-hydrogen) atoms. The van der Waals surface area contributed by atoms with Crippen molar-refractivity contribution < 1.29 is 4.79 Å². The average Bonchev–Trinajstić information content (AvgIpc) is 3.08. The van der Waals surface area contributed by atoms with E-state index in [2.05, 4.69) is 32.3 Å². The zero-order valence-corrected chi connectivity index (χ0v) is 11.8. The minimum atomic E-state index is -0.151. The second-order valence-electron chi connectivity index (χ2n) is 5.17. The highest BCUT2D eigenvalue weighted by Crippen LogP contribution is 2.21. The number of rotatable bonds is 4. The zero-order chi connectivity index (χ0) is 14.5. The average molecular weight is 282 g/mol. The summed E-state index contributed by atoms with van der Waals surface area (Å²) in [5.74, 6) is -0.151. The lowest BCUT2D eigenvalue weighted by atomic mass is 10.2. The molecule has 0 radical (unpaired) electrons. The van der Waals surface area contributed by atoms with Gasteiger partial charge in [-0.2, -0.15) is 0 Å². The summed E-state index contributed by atoms with van der Waals surface area (Å²) >= 11 is 0. The molecule has 2 heterocycles. The summed E-state index contributed by atoms with van der Waals surface area (Å²) < 4.78 is 0. The third-order valence-corrected chi connectivity index (χ3v) is 3.66. The molecule has 1 aromatic heterocycles. The molecular weight excluding hydrogens is 264 g/mol. The monoisotopic (exact) mass is 282 g/mol. The number of nitrogens with zero attached hydrogens (tertiary/aromatic N) is 3. The fourth-order valence-corrected chi connectivity index (χ4v) is 2.54. The van der Waals surface area contributed by atoms with Gasteiger partial charge in [-0.25, -0.2) is 9.97 Å². The van der Waals surface area contributed by atoms with Crippen molar-refractivity contribution in [2.45, 2.75) is 19.4 Å². The molecule has 1 fully saturated rings. The van der Waals surface area contributed by atoms with Gasteiger partial charge in [-0.05, 0) is 30.5 Å². The standard InChI is InChI=1S/C16H18N4O/c21-16(14-10-17-12-18-11-14)19-9-13-4-3-5-15(8-13)20-6-1-2-7-20/h3-5,8,10-12H,1-2,6-7,9H2,(H,19,21). The maximum absolute atomic E-state index is 12.0. The molecule has 1 amide bonds. The number of nitrogens with one attached hydrogen (secondary N) is 1. The van der Waals surface area contributed by atoms with Crippen molar-refractivity contribution >= 4 is 11.6 Å². The van der Waals surface area contributed by atoms with E-state index in [1.807, 2.05) is 12.1 Å². The van der Waals surface area contributed by atoms with E-state index in [1.165, 1.54) is 37.3 Å². The number of carbonyl (C=O) groups is 1. The summed E-state index contributed by atoms with van der Waals surface area (Å²) in [5, 5.41) is 2.90. The molecule has 1 aliphatic heterocycles. The first-order chi connectivity index (χ1) is 10.3. The number of hydrogen-bond acceptors (Lipinski definition) is 4. The van der Waals surface area contributed by atoms with Crippen molar-refractivity contribution in [3.05, 3.63) is 54.1 Å². The number of aromatic nitrogens is 2. The Kier molecular flexibility index (Phi) is 4.09. The van der Waals surface area contributed by atoms with Crippen LogP contribution in [0.3, 0.4) is 0 Å². The summed E-state index contributed by atoms with van der Waals surface area (Å²) in [6.45, 7) is 2.75. The topological polar surface area (TPSA) is 58.1 Å². The van der Waals surface area contributed by atoms with Crippen molar-refractivity contribution in [2.24, 2.45) is 0 Å². The molecular formula is C16H18N4O. The van der Waals surface area contributed by atoms with Gasteiger partial charge < -0.3 is 10.2 Å². The van der Waals surface area contributed by atoms with Crippen LogP contribution in [0.2, 0.25) is 0 Å². The SMILES string of the molecule is O=C(NCc1cccc(N2CCCC2)c1)c1cncnc1. The highest BCUT2D eigenvalue weighted by atomic mass is 16.1. The molecule has 0 unspecified atom stereocenters. The lowest BCUT2D eigenvalue weighted by Gasteiger charge is -2.18. The molecule has 1 aliphatic rings. The van der Waals surface area contributed by atoms with Crippen LogP contribution < -0.4 is 10.2 Å². The van der Waals surface area contributed by atoms with Crippen LogP contribution in [0.25, 0.3) is 0 Å². The molecule has 0 spiro atoms. The molecule has 2 aromatic rings. The summed E-state index contributed by atoms with van der Waals surface area (Å²) in [6.07, 6.45) is 6.96. The molecule has 3 rings (SSSR count). The first-order valence-electron chi connectivity index (χ1n) is 7.20. The van der Waals surface area contributed by atoms with Crippen LogP contribution in [0.5, 0.6) is 0 Å². The Balaban J connectivity index is 1.63. The molecule has 1 aromatic carbocycles. The van der Waals surface area contributed by atoms with Crippen LogP contribution in [-0.4, -0.2) is 29.0 Å². The van der Waals surface area contributed by atoms with Crippen LogP contribution in [-0.2, 0) is 6.54 Å². The Labute approximate surface area is 124 Å². The van der Waals surface area contributed by atoms with Gasteiger partial charge in [0.15, 0.2) is 0 Å². The fourth-order valence-electron chi connectivity index (χ4n) is 2.54. The Morgan fingerprint density at radius 1 is 1.19 bits per heavy atom. The molecule has 0 aliphatic carbocycles. The summed E-state index contributed by atoms with van der Waals surface area (Å²) in [6, 6.07) is 8.34. The van der Waals surface area contributed by atoms with Gasteiger partial charge in [0.2, 0.25) is 0 Å². The van der Waals surface area contributed by atoms with E-state index in [-0.39, 0.29) is 5.91 Å². The van der Waals surface area contributed by atoms with Crippen molar-refractivity contribution in [1.29, 1.82) is 0 Å². The summed E-state index contributed by atoms with van der Waals surface area (Å²) in [4.78, 5) is 22.0. The van der Waals surface area contributed by atoms with E-state index in [1.54, 1.807) is 0 Å². The Bertz CT molecular complexity index is 609. The van der Waals surface area contributed by atoms with E-state index in [0.29, 0.717) is 12.1 Å². The van der Waals surface area contributed by atoms with Gasteiger partial charge in [0.1, 0.15) is 6.33 Å². The predicted molar refractivity (Wildman–Crippen MR) is 81.1 cm³/mol. The van der Waals surface area contributed by atoms with Gasteiger partial charge in [0.05, 0.1) is 5.56 Å². The minimum absolute atomic E-state index is 0.151. The Morgan fingerprint density at radius 3 is 2.71 bits per heavy atom. The van der Waals surface area contributed by atoms with Gasteiger partial charge in [0, 0.05) is 37.7 Å². The van der Waals surface area contributed by atoms with Gasteiger partial charge >= 0.3 is 0 Å². The van der Waals surface area contributed by atoms with Gasteiger partial charge in [-0.3, -0.25) is 4.79 Å². The third-order valence-electron chi connectivity index (χ3n) is 3.66. The smallest absolute Gasteiger partial charge is 0.254 e. The normalized spacial score (nSPS) is 14.2. The largest absolute Gasteiger partial charge is 0.372 e. The molecule has 1 N–H and O–H groups in total. The third kappa shape index (κ3) is 3.37. The number of amides is 1. The molecule has 5 heteroatoms. The number of anilines is 1. The summed E-state index contributed by atoms with van der Waals surface area (Å²) in [5.41, 5.74) is 2.82. The molecule has 0 saturated carbocycles. The van der Waals surface area contributed by atoms with E-state index in [9.17, 15) is 4.79 Å². The zero-order valence-electron chi connectivity index (χ0n) is 11.8. The molecule has 108 valence electrons. The lowest BCUT2D eigenvalue weighted by molar-refractivity contribution is 0.0950. The highest BCUT2D eigenvalue weighted by Gasteiger charge is 2.12. The first-order valence-corrected chi connectivity index (χ1v) is 7.20. The number of hydrogen-bond donors (Lipinski definition) is 1. The Morgan fingerprint density at radius 2 is 1.95 bits per heavy atom. The fraction of sp³-hybridized carbons (Fsp3) is 0.312.